The fourth-order valence-electron chi connectivity index (χ4n) is 2.42. The van der Waals surface area contributed by atoms with E-state index in [9.17, 15) is 14.7 Å². The van der Waals surface area contributed by atoms with Crippen LogP contribution in [0, 0.1) is 0 Å². The van der Waals surface area contributed by atoms with Crippen LogP contribution in [0.2, 0.25) is 0 Å². The summed E-state index contributed by atoms with van der Waals surface area (Å²) in [5.74, 6) is -1.58. The van der Waals surface area contributed by atoms with Gasteiger partial charge >= 0.3 is 12.0 Å². The van der Waals surface area contributed by atoms with Gasteiger partial charge in [0.2, 0.25) is 0 Å². The predicted octanol–water partition coefficient (Wildman–Crippen LogP) is 1.31. The van der Waals surface area contributed by atoms with Crippen LogP contribution < -0.4 is 10.6 Å². The van der Waals surface area contributed by atoms with Gasteiger partial charge < -0.3 is 25.7 Å². The highest BCUT2D eigenvalue weighted by molar-refractivity contribution is 5.95. The number of aromatic hydroxyl groups is 1. The topological polar surface area (TPSA) is 102 Å². The van der Waals surface area contributed by atoms with Crippen LogP contribution in [-0.4, -0.2) is 53.3 Å². The van der Waals surface area contributed by atoms with Crippen LogP contribution in [0.25, 0.3) is 0 Å². The molecule has 1 aromatic carbocycles. The van der Waals surface area contributed by atoms with Gasteiger partial charge in [-0.15, -0.1) is 0 Å². The molecule has 1 fully saturated rings. The average molecular weight is 293 g/mol. The van der Waals surface area contributed by atoms with E-state index in [0.717, 1.165) is 25.9 Å². The van der Waals surface area contributed by atoms with Crippen molar-refractivity contribution in [1.29, 1.82) is 0 Å². The molecule has 2 amide bonds. The molecule has 0 bridgehead atoms. The highest BCUT2D eigenvalue weighted by Crippen LogP contribution is 2.21. The molecule has 0 radical (unpaired) electrons. The van der Waals surface area contributed by atoms with Crippen LogP contribution >= 0.6 is 0 Å². The van der Waals surface area contributed by atoms with Crippen molar-refractivity contribution in [1.82, 2.24) is 10.2 Å². The summed E-state index contributed by atoms with van der Waals surface area (Å²) in [5, 5.41) is 23.8. The number of benzene rings is 1. The number of nitrogens with zero attached hydrogens (tertiary/aromatic N) is 1. The Kier molecular flexibility index (Phi) is 4.64. The SMILES string of the molecule is CN1CCCC(NC(=O)Nc2ccc(O)c(C(=O)O)c2)C1. The molecule has 1 aromatic rings. The van der Waals surface area contributed by atoms with Crippen molar-refractivity contribution >= 4 is 17.7 Å². The van der Waals surface area contributed by atoms with Gasteiger partial charge in [0.15, 0.2) is 0 Å². The van der Waals surface area contributed by atoms with Crippen molar-refractivity contribution in [3.63, 3.8) is 0 Å². The highest BCUT2D eigenvalue weighted by atomic mass is 16.4. The molecule has 4 N–H and O–H groups in total. The van der Waals surface area contributed by atoms with Crippen molar-refractivity contribution in [2.45, 2.75) is 18.9 Å². The van der Waals surface area contributed by atoms with E-state index < -0.39 is 5.97 Å². The fourth-order valence-corrected chi connectivity index (χ4v) is 2.42. The third-order valence-electron chi connectivity index (χ3n) is 3.44. The number of aromatic carboxylic acids is 1. The van der Waals surface area contributed by atoms with Crippen LogP contribution in [0.15, 0.2) is 18.2 Å². The summed E-state index contributed by atoms with van der Waals surface area (Å²) in [4.78, 5) is 25.0. The molecule has 0 aromatic heterocycles. The van der Waals surface area contributed by atoms with Gasteiger partial charge in [-0.3, -0.25) is 0 Å². The number of carbonyl (C=O) groups is 2. The number of rotatable bonds is 3. The minimum atomic E-state index is -1.24. The number of carboxylic acids is 1. The van der Waals surface area contributed by atoms with Gasteiger partial charge in [0, 0.05) is 18.3 Å². The molecule has 2 rings (SSSR count). The molecule has 1 aliphatic rings. The number of likely N-dealkylation sites (tertiary alicyclic amines) is 1. The molecular weight excluding hydrogens is 274 g/mol. The van der Waals surface area contributed by atoms with Crippen LogP contribution in [0.5, 0.6) is 5.75 Å². The lowest BCUT2D eigenvalue weighted by Crippen LogP contribution is -2.47. The van der Waals surface area contributed by atoms with E-state index >= 15 is 0 Å². The molecule has 1 aliphatic heterocycles. The molecule has 0 saturated carbocycles. The molecule has 21 heavy (non-hydrogen) atoms. The predicted molar refractivity (Wildman–Crippen MR) is 77.7 cm³/mol. The fraction of sp³-hybridized carbons (Fsp3) is 0.429. The number of piperidine rings is 1. The zero-order valence-electron chi connectivity index (χ0n) is 11.8. The molecule has 7 nitrogen and oxygen atoms in total. The van der Waals surface area contributed by atoms with E-state index in [-0.39, 0.29) is 23.4 Å². The van der Waals surface area contributed by atoms with Gasteiger partial charge in [0.1, 0.15) is 11.3 Å². The Balaban J connectivity index is 1.96. The molecule has 1 saturated heterocycles. The van der Waals surface area contributed by atoms with Crippen LogP contribution in [0.1, 0.15) is 23.2 Å². The minimum absolute atomic E-state index is 0.0832. The van der Waals surface area contributed by atoms with Crippen LogP contribution in [0.3, 0.4) is 0 Å². The maximum Gasteiger partial charge on any atom is 0.339 e. The number of anilines is 1. The minimum Gasteiger partial charge on any atom is -0.507 e. The lowest BCUT2D eigenvalue weighted by atomic mass is 10.1. The first kappa shape index (κ1) is 15.1. The lowest BCUT2D eigenvalue weighted by molar-refractivity contribution is 0.0693. The largest absolute Gasteiger partial charge is 0.507 e. The first-order chi connectivity index (χ1) is 9.95. The van der Waals surface area contributed by atoms with Crippen LogP contribution in [-0.2, 0) is 0 Å². The molecular formula is C14H19N3O4. The summed E-state index contributed by atoms with van der Waals surface area (Å²) in [6.07, 6.45) is 1.96. The molecule has 7 heteroatoms. The number of likely N-dealkylation sites (N-methyl/N-ethyl adjacent to an activating group) is 1. The summed E-state index contributed by atoms with van der Waals surface area (Å²) < 4.78 is 0. The zero-order chi connectivity index (χ0) is 15.4. The summed E-state index contributed by atoms with van der Waals surface area (Å²) in [6.45, 7) is 1.82. The Bertz CT molecular complexity index is 547. The monoisotopic (exact) mass is 293 g/mol. The van der Waals surface area contributed by atoms with Gasteiger partial charge in [-0.25, -0.2) is 9.59 Å². The molecule has 114 valence electrons. The second-order valence-corrected chi connectivity index (χ2v) is 5.24. The average Bonchev–Trinajstić information content (AvgIpc) is 2.40. The summed E-state index contributed by atoms with van der Waals surface area (Å²) >= 11 is 0. The number of hydrogen-bond acceptors (Lipinski definition) is 4. The quantitative estimate of drug-likeness (QED) is 0.629. The normalized spacial score (nSPS) is 19.0. The van der Waals surface area contributed by atoms with E-state index in [0.29, 0.717) is 5.69 Å². The van der Waals surface area contributed by atoms with Gasteiger partial charge in [0.25, 0.3) is 0 Å². The molecule has 0 aliphatic carbocycles. The number of carboxylic acid groups (broad SMARTS) is 1. The summed E-state index contributed by atoms with van der Waals surface area (Å²) in [7, 11) is 2.00. The van der Waals surface area contributed by atoms with E-state index in [1.807, 2.05) is 7.05 Å². The third-order valence-corrected chi connectivity index (χ3v) is 3.44. The number of phenols is 1. The first-order valence-corrected chi connectivity index (χ1v) is 6.78. The van der Waals surface area contributed by atoms with Gasteiger partial charge in [-0.05, 0) is 44.6 Å². The summed E-state index contributed by atoms with van der Waals surface area (Å²) in [6, 6.07) is 3.63. The Morgan fingerprint density at radius 3 is 2.81 bits per heavy atom. The van der Waals surface area contributed by atoms with Crippen molar-refractivity contribution in [3.8, 4) is 5.75 Å². The molecule has 1 unspecified atom stereocenters. The van der Waals surface area contributed by atoms with Crippen molar-refractivity contribution in [3.05, 3.63) is 23.8 Å². The maximum atomic E-state index is 11.9. The van der Waals surface area contributed by atoms with Crippen molar-refractivity contribution < 1.29 is 19.8 Å². The Labute approximate surface area is 122 Å². The lowest BCUT2D eigenvalue weighted by Gasteiger charge is -2.30. The highest BCUT2D eigenvalue weighted by Gasteiger charge is 2.19. The first-order valence-electron chi connectivity index (χ1n) is 6.78. The van der Waals surface area contributed by atoms with Gasteiger partial charge in [-0.1, -0.05) is 0 Å². The Morgan fingerprint density at radius 1 is 1.38 bits per heavy atom. The second-order valence-electron chi connectivity index (χ2n) is 5.24. The molecule has 1 atom stereocenters. The number of carbonyl (C=O) groups excluding carboxylic acids is 1. The summed E-state index contributed by atoms with van der Waals surface area (Å²) in [5.41, 5.74) is 0.0806. The van der Waals surface area contributed by atoms with E-state index in [1.54, 1.807) is 0 Å². The zero-order valence-corrected chi connectivity index (χ0v) is 11.8. The number of hydrogen-bond donors (Lipinski definition) is 4. The number of amides is 2. The van der Waals surface area contributed by atoms with Crippen molar-refractivity contribution in [2.75, 3.05) is 25.5 Å². The number of urea groups is 1. The standard InChI is InChI=1S/C14H19N3O4/c1-17-6-2-3-10(8-17)16-14(21)15-9-4-5-12(18)11(7-9)13(19)20/h4-5,7,10,18H,2-3,6,8H2,1H3,(H,19,20)(H2,15,16,21). The van der Waals surface area contributed by atoms with Crippen LogP contribution in [0.4, 0.5) is 10.5 Å². The van der Waals surface area contributed by atoms with Gasteiger partial charge in [-0.2, -0.15) is 0 Å². The molecule has 0 spiro atoms. The molecule has 1 heterocycles. The number of nitrogens with one attached hydrogen (secondary N) is 2. The smallest absolute Gasteiger partial charge is 0.339 e. The van der Waals surface area contributed by atoms with Gasteiger partial charge in [0.05, 0.1) is 0 Å². The maximum absolute atomic E-state index is 11.9. The van der Waals surface area contributed by atoms with E-state index in [1.165, 1.54) is 18.2 Å². The Morgan fingerprint density at radius 2 is 2.14 bits per heavy atom. The second kappa shape index (κ2) is 6.45. The van der Waals surface area contributed by atoms with E-state index in [2.05, 4.69) is 15.5 Å². The Hall–Kier alpha value is -2.28. The third kappa shape index (κ3) is 4.09. The van der Waals surface area contributed by atoms with Crippen molar-refractivity contribution in [2.24, 2.45) is 0 Å². The van der Waals surface area contributed by atoms with E-state index in [4.69, 9.17) is 5.11 Å².